The molecule has 4 rings (SSSR count). The molecule has 0 radical (unpaired) electrons. The smallest absolute Gasteiger partial charge is 0.255 e. The summed E-state index contributed by atoms with van der Waals surface area (Å²) < 4.78 is 0. The van der Waals surface area contributed by atoms with E-state index in [-0.39, 0.29) is 29.7 Å². The van der Waals surface area contributed by atoms with Crippen LogP contribution in [-0.4, -0.2) is 68.5 Å². The molecule has 0 saturated heterocycles. The number of aliphatic hydroxyl groups is 3. The van der Waals surface area contributed by atoms with Crippen molar-refractivity contribution in [1.82, 2.24) is 4.90 Å². The molecule has 0 unspecified atom stereocenters. The van der Waals surface area contributed by atoms with Gasteiger partial charge in [0, 0.05) is 17.1 Å². The number of carbonyl (C=O) groups excluding carboxylic acids is 3. The second-order valence-electron chi connectivity index (χ2n) is 8.82. The standard InChI is InChI=1S/C24H24N2O7/c1-4-5-10-6-7-14(27)16-12(10)8-11-9-13-18(26(2)3)20(29)17(23(25)32)22(31)24(13,33)21(30)15(11)19(16)28/h6-7,11,13,18,27,29-30,33H,8-9H2,1-3H3,(H2,25,32)/t11-,13-,18-,24-/m1/s1. The molecule has 1 aromatic carbocycles. The number of phenolic OH excluding ortho intramolecular Hbond substituents is 1. The summed E-state index contributed by atoms with van der Waals surface area (Å²) in [6.07, 6.45) is 0.257. The van der Waals surface area contributed by atoms with E-state index in [1.165, 1.54) is 11.0 Å². The molecule has 3 aliphatic rings. The number of likely N-dealkylation sites (N-methyl/N-ethyl adjacent to an activating group) is 1. The molecule has 0 aliphatic heterocycles. The summed E-state index contributed by atoms with van der Waals surface area (Å²) in [5, 5.41) is 43.8. The lowest BCUT2D eigenvalue weighted by atomic mass is 9.58. The zero-order valence-electron chi connectivity index (χ0n) is 18.3. The van der Waals surface area contributed by atoms with Crippen LogP contribution in [0.2, 0.25) is 0 Å². The molecule has 0 fully saturated rings. The quantitative estimate of drug-likeness (QED) is 0.320. The number of benzene rings is 1. The fourth-order valence-corrected chi connectivity index (χ4v) is 5.50. The highest BCUT2D eigenvalue weighted by molar-refractivity contribution is 6.24. The number of ketones is 2. The molecule has 172 valence electrons. The van der Waals surface area contributed by atoms with Crippen LogP contribution in [0, 0.1) is 23.7 Å². The van der Waals surface area contributed by atoms with Crippen LogP contribution in [-0.2, 0) is 16.0 Å². The SMILES string of the molecule is CC#Cc1ccc(O)c2c1C[C@@H]1C[C@@H]3[C@@H](N(C)C)C(O)=C(C(N)=O)C(=O)[C@]3(O)C(O)=C1C2=O. The van der Waals surface area contributed by atoms with Crippen LogP contribution < -0.4 is 5.73 Å². The highest BCUT2D eigenvalue weighted by Crippen LogP contribution is 2.52. The van der Waals surface area contributed by atoms with Gasteiger partial charge in [0.2, 0.25) is 5.78 Å². The summed E-state index contributed by atoms with van der Waals surface area (Å²) in [5.74, 6) is -1.00. The van der Waals surface area contributed by atoms with Crippen molar-refractivity contribution in [1.29, 1.82) is 0 Å². The van der Waals surface area contributed by atoms with Crippen LogP contribution in [0.15, 0.2) is 34.8 Å². The Balaban J connectivity index is 1.98. The zero-order chi connectivity index (χ0) is 24.4. The summed E-state index contributed by atoms with van der Waals surface area (Å²) in [5.41, 5.74) is 2.68. The lowest BCUT2D eigenvalue weighted by Gasteiger charge is -2.50. The molecule has 1 aromatic rings. The first-order chi connectivity index (χ1) is 15.5. The number of rotatable bonds is 2. The van der Waals surface area contributed by atoms with Gasteiger partial charge in [-0.15, -0.1) is 5.92 Å². The topological polar surface area (TPSA) is 161 Å². The Morgan fingerprint density at radius 1 is 1.21 bits per heavy atom. The molecule has 9 nitrogen and oxygen atoms in total. The van der Waals surface area contributed by atoms with E-state index < -0.39 is 58.0 Å². The van der Waals surface area contributed by atoms with Crippen LogP contribution in [0.3, 0.4) is 0 Å². The third-order valence-electron chi connectivity index (χ3n) is 6.87. The van der Waals surface area contributed by atoms with Crippen molar-refractivity contribution in [3.8, 4) is 17.6 Å². The third kappa shape index (κ3) is 2.91. The number of hydrogen-bond donors (Lipinski definition) is 5. The van der Waals surface area contributed by atoms with Crippen molar-refractivity contribution in [3.63, 3.8) is 0 Å². The molecule has 4 atom stereocenters. The Morgan fingerprint density at radius 3 is 2.45 bits per heavy atom. The van der Waals surface area contributed by atoms with Gasteiger partial charge in [-0.05, 0) is 57.5 Å². The number of amides is 1. The lowest BCUT2D eigenvalue weighted by molar-refractivity contribution is -0.148. The Labute approximate surface area is 189 Å². The fourth-order valence-electron chi connectivity index (χ4n) is 5.50. The van der Waals surface area contributed by atoms with Crippen molar-refractivity contribution < 1.29 is 34.8 Å². The number of phenols is 1. The summed E-state index contributed by atoms with van der Waals surface area (Å²) in [7, 11) is 3.17. The Bertz CT molecular complexity index is 1250. The molecule has 0 spiro atoms. The Hall–Kier alpha value is -3.61. The van der Waals surface area contributed by atoms with Crippen molar-refractivity contribution in [2.75, 3.05) is 14.1 Å². The number of fused-ring (bicyclic) bond motifs is 3. The van der Waals surface area contributed by atoms with Gasteiger partial charge in [0.15, 0.2) is 11.4 Å². The van der Waals surface area contributed by atoms with Crippen molar-refractivity contribution in [2.45, 2.75) is 31.4 Å². The van der Waals surface area contributed by atoms with E-state index in [2.05, 4.69) is 11.8 Å². The predicted molar refractivity (Wildman–Crippen MR) is 116 cm³/mol. The van der Waals surface area contributed by atoms with Gasteiger partial charge < -0.3 is 26.2 Å². The maximum atomic E-state index is 13.4. The number of allylic oxidation sites excluding steroid dienone is 1. The summed E-state index contributed by atoms with van der Waals surface area (Å²) >= 11 is 0. The minimum atomic E-state index is -2.64. The maximum Gasteiger partial charge on any atom is 0.255 e. The van der Waals surface area contributed by atoms with Crippen LogP contribution in [0.4, 0.5) is 0 Å². The minimum Gasteiger partial charge on any atom is -0.510 e. The van der Waals surface area contributed by atoms with Gasteiger partial charge in [-0.3, -0.25) is 19.3 Å². The number of aliphatic hydroxyl groups excluding tert-OH is 2. The molecule has 33 heavy (non-hydrogen) atoms. The van der Waals surface area contributed by atoms with E-state index in [0.29, 0.717) is 11.1 Å². The van der Waals surface area contributed by atoms with Gasteiger partial charge in [0.05, 0.1) is 11.6 Å². The van der Waals surface area contributed by atoms with Crippen LogP contribution in [0.25, 0.3) is 0 Å². The van der Waals surface area contributed by atoms with Gasteiger partial charge in [0.1, 0.15) is 22.8 Å². The summed E-state index contributed by atoms with van der Waals surface area (Å²) in [4.78, 5) is 40.1. The van der Waals surface area contributed by atoms with E-state index in [0.717, 1.165) is 0 Å². The molecule has 0 saturated carbocycles. The second kappa shape index (κ2) is 7.47. The van der Waals surface area contributed by atoms with Crippen molar-refractivity contribution in [3.05, 3.63) is 51.5 Å². The molecule has 9 heteroatoms. The highest BCUT2D eigenvalue weighted by atomic mass is 16.3. The predicted octanol–water partition coefficient (Wildman–Crippen LogP) is 0.492. The average molecular weight is 452 g/mol. The molecule has 0 heterocycles. The monoisotopic (exact) mass is 452 g/mol. The number of Topliss-reactive ketones (excluding diaryl/α,β-unsaturated/α-hetero) is 2. The molecule has 6 N–H and O–H groups in total. The van der Waals surface area contributed by atoms with Crippen LogP contribution in [0.1, 0.15) is 34.8 Å². The van der Waals surface area contributed by atoms with Crippen molar-refractivity contribution in [2.24, 2.45) is 17.6 Å². The third-order valence-corrected chi connectivity index (χ3v) is 6.87. The van der Waals surface area contributed by atoms with Gasteiger partial charge >= 0.3 is 0 Å². The number of nitrogens with two attached hydrogens (primary N) is 1. The van der Waals surface area contributed by atoms with E-state index >= 15 is 0 Å². The minimum absolute atomic E-state index is 0.0421. The lowest BCUT2D eigenvalue weighted by Crippen LogP contribution is -2.63. The Morgan fingerprint density at radius 2 is 1.88 bits per heavy atom. The second-order valence-corrected chi connectivity index (χ2v) is 8.82. The first kappa shape index (κ1) is 22.6. The van der Waals surface area contributed by atoms with Gasteiger partial charge in [0.25, 0.3) is 5.91 Å². The van der Waals surface area contributed by atoms with E-state index in [1.807, 2.05) is 0 Å². The fraction of sp³-hybridized carbons (Fsp3) is 0.375. The normalized spacial score (nSPS) is 28.7. The largest absolute Gasteiger partial charge is 0.510 e. The van der Waals surface area contributed by atoms with E-state index in [9.17, 15) is 34.8 Å². The van der Waals surface area contributed by atoms with Crippen LogP contribution >= 0.6 is 0 Å². The molecule has 3 aliphatic carbocycles. The Kier molecular flexibility index (Phi) is 5.11. The van der Waals surface area contributed by atoms with Crippen molar-refractivity contribution >= 4 is 17.5 Å². The molecular formula is C24H24N2O7. The van der Waals surface area contributed by atoms with E-state index in [1.54, 1.807) is 27.1 Å². The summed E-state index contributed by atoms with van der Waals surface area (Å²) in [6, 6.07) is 1.91. The van der Waals surface area contributed by atoms with Gasteiger partial charge in [-0.25, -0.2) is 0 Å². The van der Waals surface area contributed by atoms with Gasteiger partial charge in [-0.1, -0.05) is 5.92 Å². The van der Waals surface area contributed by atoms with Crippen LogP contribution in [0.5, 0.6) is 5.75 Å². The highest BCUT2D eigenvalue weighted by Gasteiger charge is 2.63. The number of carbonyl (C=O) groups is 3. The molecule has 1 amide bonds. The zero-order valence-corrected chi connectivity index (χ0v) is 18.3. The van der Waals surface area contributed by atoms with E-state index in [4.69, 9.17) is 5.73 Å². The number of aromatic hydroxyl groups is 1. The summed E-state index contributed by atoms with van der Waals surface area (Å²) in [6.45, 7) is 1.64. The first-order valence-electron chi connectivity index (χ1n) is 10.4. The first-order valence-corrected chi connectivity index (χ1v) is 10.4. The van der Waals surface area contributed by atoms with Gasteiger partial charge in [-0.2, -0.15) is 0 Å². The maximum absolute atomic E-state index is 13.4. The number of hydrogen-bond acceptors (Lipinski definition) is 8. The average Bonchev–Trinajstić information content (AvgIpc) is 2.72. The number of primary amides is 1. The molecule has 0 bridgehead atoms. The number of nitrogens with zero attached hydrogens (tertiary/aromatic N) is 1. The molecular weight excluding hydrogens is 428 g/mol. The molecule has 0 aromatic heterocycles.